The zero-order chi connectivity index (χ0) is 14.5. The molecule has 0 aliphatic rings. The van der Waals surface area contributed by atoms with Crippen molar-refractivity contribution in [3.8, 4) is 0 Å². The van der Waals surface area contributed by atoms with Gasteiger partial charge in [-0.1, -0.05) is 15.9 Å². The predicted molar refractivity (Wildman–Crippen MR) is 93.9 cm³/mol. The van der Waals surface area contributed by atoms with Crippen molar-refractivity contribution in [3.05, 3.63) is 27.5 Å². The Hall–Kier alpha value is -0.720. The van der Waals surface area contributed by atoms with Gasteiger partial charge < -0.3 is 11.1 Å². The number of thioether (sulfide) groups is 1. The number of anilines is 1. The van der Waals surface area contributed by atoms with Crippen molar-refractivity contribution >= 4 is 60.7 Å². The molecule has 2 aromatic rings. The molecule has 0 aliphatic heterocycles. The minimum absolute atomic E-state index is 0.0658. The van der Waals surface area contributed by atoms with Crippen LogP contribution >= 0.6 is 39.0 Å². The second-order valence-electron chi connectivity index (χ2n) is 4.44. The summed E-state index contributed by atoms with van der Waals surface area (Å²) < 4.78 is 2.01. The highest BCUT2D eigenvalue weighted by Crippen LogP contribution is 2.35. The van der Waals surface area contributed by atoms with Gasteiger partial charge in [0.2, 0.25) is 0 Å². The lowest BCUT2D eigenvalue weighted by Gasteiger charge is -2.03. The number of fused-ring (bicyclic) bond motifs is 1. The molecule has 0 atom stereocenters. The molecule has 0 aliphatic carbocycles. The highest BCUT2D eigenvalue weighted by Gasteiger charge is 2.15. The highest BCUT2D eigenvalue weighted by atomic mass is 79.9. The van der Waals surface area contributed by atoms with Crippen LogP contribution in [0.3, 0.4) is 0 Å². The van der Waals surface area contributed by atoms with Gasteiger partial charge in [0.25, 0.3) is 5.91 Å². The maximum atomic E-state index is 12.2. The van der Waals surface area contributed by atoms with Gasteiger partial charge in [0.05, 0.1) is 5.69 Å². The first-order valence-electron chi connectivity index (χ1n) is 6.38. The standard InChI is InChI=1S/C14H17BrN2OS2/c1-19-7-3-2-6-17-14(18)13-12(16)10-8-9(15)4-5-11(10)20-13/h4-5,8H,2-3,6-7,16H2,1H3,(H,17,18). The summed E-state index contributed by atoms with van der Waals surface area (Å²) in [6.45, 7) is 0.705. The molecule has 3 N–H and O–H groups in total. The first-order chi connectivity index (χ1) is 9.63. The Morgan fingerprint density at radius 1 is 1.45 bits per heavy atom. The summed E-state index contributed by atoms with van der Waals surface area (Å²) in [5.41, 5.74) is 6.66. The first-order valence-corrected chi connectivity index (χ1v) is 9.38. The van der Waals surface area contributed by atoms with Gasteiger partial charge in [-0.2, -0.15) is 11.8 Å². The number of nitrogens with one attached hydrogen (secondary N) is 1. The van der Waals surface area contributed by atoms with Crippen molar-refractivity contribution in [2.24, 2.45) is 0 Å². The van der Waals surface area contributed by atoms with Crippen molar-refractivity contribution in [2.75, 3.05) is 24.3 Å². The molecule has 0 spiro atoms. The number of halogens is 1. The number of carbonyl (C=O) groups excluding carboxylic acids is 1. The number of nitrogen functional groups attached to an aromatic ring is 1. The summed E-state index contributed by atoms with van der Waals surface area (Å²) in [7, 11) is 0. The smallest absolute Gasteiger partial charge is 0.263 e. The van der Waals surface area contributed by atoms with E-state index in [1.807, 2.05) is 30.0 Å². The molecule has 0 saturated carbocycles. The third-order valence-electron chi connectivity index (χ3n) is 2.96. The van der Waals surface area contributed by atoms with Crippen LogP contribution in [0.1, 0.15) is 22.5 Å². The van der Waals surface area contributed by atoms with Gasteiger partial charge in [0.15, 0.2) is 0 Å². The van der Waals surface area contributed by atoms with Crippen LogP contribution < -0.4 is 11.1 Å². The van der Waals surface area contributed by atoms with Crippen molar-refractivity contribution in [2.45, 2.75) is 12.8 Å². The Kier molecular flexibility index (Phi) is 5.74. The SMILES string of the molecule is CSCCCCNC(=O)c1sc2ccc(Br)cc2c1N. The molecular weight excluding hydrogens is 356 g/mol. The lowest BCUT2D eigenvalue weighted by Crippen LogP contribution is -2.24. The molecule has 108 valence electrons. The molecule has 1 amide bonds. The molecular formula is C14H17BrN2OS2. The Labute approximate surface area is 135 Å². The van der Waals surface area contributed by atoms with E-state index in [9.17, 15) is 4.79 Å². The Bertz CT molecular complexity index is 612. The minimum atomic E-state index is -0.0658. The van der Waals surface area contributed by atoms with Crippen molar-refractivity contribution in [1.82, 2.24) is 5.32 Å². The van der Waals surface area contributed by atoms with Crippen LogP contribution in [0.15, 0.2) is 22.7 Å². The largest absolute Gasteiger partial charge is 0.397 e. The quantitative estimate of drug-likeness (QED) is 0.749. The number of nitrogens with two attached hydrogens (primary N) is 1. The van der Waals surface area contributed by atoms with E-state index in [0.717, 1.165) is 33.2 Å². The number of rotatable bonds is 6. The summed E-state index contributed by atoms with van der Waals surface area (Å²) >= 11 is 6.70. The molecule has 2 rings (SSSR count). The molecule has 6 heteroatoms. The fourth-order valence-electron chi connectivity index (χ4n) is 1.91. The number of benzene rings is 1. The van der Waals surface area contributed by atoms with E-state index in [1.165, 1.54) is 11.3 Å². The van der Waals surface area contributed by atoms with Gasteiger partial charge in [0.1, 0.15) is 4.88 Å². The highest BCUT2D eigenvalue weighted by molar-refractivity contribution is 9.10. The fourth-order valence-corrected chi connectivity index (χ4v) is 3.78. The van der Waals surface area contributed by atoms with E-state index in [4.69, 9.17) is 5.73 Å². The molecule has 0 radical (unpaired) electrons. The topological polar surface area (TPSA) is 55.1 Å². The Morgan fingerprint density at radius 3 is 3.00 bits per heavy atom. The summed E-state index contributed by atoms with van der Waals surface area (Å²) in [5, 5.41) is 3.89. The van der Waals surface area contributed by atoms with Crippen LogP contribution in [0.5, 0.6) is 0 Å². The van der Waals surface area contributed by atoms with Crippen LogP contribution in [-0.4, -0.2) is 24.5 Å². The van der Waals surface area contributed by atoms with Crippen molar-refractivity contribution in [1.29, 1.82) is 0 Å². The van der Waals surface area contributed by atoms with Crippen LogP contribution in [0.2, 0.25) is 0 Å². The second-order valence-corrected chi connectivity index (χ2v) is 7.39. The number of thiophene rings is 1. The minimum Gasteiger partial charge on any atom is -0.397 e. The molecule has 0 bridgehead atoms. The third kappa shape index (κ3) is 3.68. The van der Waals surface area contributed by atoms with E-state index >= 15 is 0 Å². The molecule has 1 heterocycles. The lowest BCUT2D eigenvalue weighted by molar-refractivity contribution is 0.0958. The number of carbonyl (C=O) groups is 1. The van der Waals surface area contributed by atoms with Crippen molar-refractivity contribution in [3.63, 3.8) is 0 Å². The van der Waals surface area contributed by atoms with E-state index in [2.05, 4.69) is 27.5 Å². The molecule has 0 unspecified atom stereocenters. The molecule has 20 heavy (non-hydrogen) atoms. The van der Waals surface area contributed by atoms with Crippen LogP contribution in [0.4, 0.5) is 5.69 Å². The van der Waals surface area contributed by atoms with Gasteiger partial charge in [-0.15, -0.1) is 11.3 Å². The van der Waals surface area contributed by atoms with Gasteiger partial charge in [-0.3, -0.25) is 4.79 Å². The van der Waals surface area contributed by atoms with Gasteiger partial charge in [-0.25, -0.2) is 0 Å². The van der Waals surface area contributed by atoms with Gasteiger partial charge in [-0.05, 0) is 43.0 Å². The van der Waals surface area contributed by atoms with Crippen LogP contribution in [0, 0.1) is 0 Å². The molecule has 3 nitrogen and oxygen atoms in total. The Morgan fingerprint density at radius 2 is 2.25 bits per heavy atom. The molecule has 0 fully saturated rings. The van der Waals surface area contributed by atoms with Gasteiger partial charge >= 0.3 is 0 Å². The average molecular weight is 373 g/mol. The van der Waals surface area contributed by atoms with E-state index < -0.39 is 0 Å². The molecule has 1 aromatic carbocycles. The Balaban J connectivity index is 2.05. The number of hydrogen-bond donors (Lipinski definition) is 2. The average Bonchev–Trinajstić information content (AvgIpc) is 2.76. The zero-order valence-corrected chi connectivity index (χ0v) is 14.5. The van der Waals surface area contributed by atoms with E-state index in [-0.39, 0.29) is 5.91 Å². The van der Waals surface area contributed by atoms with Gasteiger partial charge in [0, 0.05) is 21.1 Å². The predicted octanol–water partition coefficient (Wildman–Crippen LogP) is 4.12. The lowest BCUT2D eigenvalue weighted by atomic mass is 10.2. The maximum absolute atomic E-state index is 12.2. The fraction of sp³-hybridized carbons (Fsp3) is 0.357. The normalized spacial score (nSPS) is 10.9. The summed E-state index contributed by atoms with van der Waals surface area (Å²) in [4.78, 5) is 12.8. The molecule has 1 aromatic heterocycles. The first kappa shape index (κ1) is 15.7. The zero-order valence-electron chi connectivity index (χ0n) is 11.2. The van der Waals surface area contributed by atoms with Crippen LogP contribution in [0.25, 0.3) is 10.1 Å². The summed E-state index contributed by atoms with van der Waals surface area (Å²) in [6.07, 6.45) is 4.22. The summed E-state index contributed by atoms with van der Waals surface area (Å²) in [5.74, 6) is 1.07. The summed E-state index contributed by atoms with van der Waals surface area (Å²) in [6, 6.07) is 5.90. The second kappa shape index (κ2) is 7.33. The van der Waals surface area contributed by atoms with E-state index in [1.54, 1.807) is 0 Å². The van der Waals surface area contributed by atoms with Crippen LogP contribution in [-0.2, 0) is 0 Å². The third-order valence-corrected chi connectivity index (χ3v) is 5.33. The number of unbranched alkanes of at least 4 members (excludes halogenated alkanes) is 1. The number of amides is 1. The maximum Gasteiger partial charge on any atom is 0.263 e. The molecule has 0 saturated heterocycles. The van der Waals surface area contributed by atoms with E-state index in [0.29, 0.717) is 17.1 Å². The van der Waals surface area contributed by atoms with Crippen molar-refractivity contribution < 1.29 is 4.79 Å². The monoisotopic (exact) mass is 372 g/mol. The number of hydrogen-bond acceptors (Lipinski definition) is 4.